The lowest BCUT2D eigenvalue weighted by Gasteiger charge is -2.29. The Morgan fingerprint density at radius 2 is 2.00 bits per heavy atom. The second kappa shape index (κ2) is 12.2. The van der Waals surface area contributed by atoms with Crippen molar-refractivity contribution in [3.05, 3.63) is 23.2 Å². The van der Waals surface area contributed by atoms with Crippen LogP contribution in [0.4, 0.5) is 5.69 Å². The fourth-order valence-corrected chi connectivity index (χ4v) is 2.94. The molecule has 0 aliphatic heterocycles. The number of rotatable bonds is 13. The van der Waals surface area contributed by atoms with Gasteiger partial charge in [-0.15, -0.1) is 0 Å². The Labute approximate surface area is 168 Å². The highest BCUT2D eigenvalue weighted by Gasteiger charge is 2.33. The first-order valence-electron chi connectivity index (χ1n) is 9.76. The number of unbranched alkanes of at least 4 members (excludes halogenated alkanes) is 2. The Morgan fingerprint density at radius 3 is 2.59 bits per heavy atom. The molecule has 1 amide bonds. The molecule has 1 aromatic rings. The third-order valence-corrected chi connectivity index (χ3v) is 4.58. The highest BCUT2D eigenvalue weighted by Crippen LogP contribution is 2.30. The maximum absolute atomic E-state index is 12.9. The van der Waals surface area contributed by atoms with Crippen LogP contribution in [0.15, 0.2) is 18.2 Å². The number of carbonyl (C=O) groups is 1. The number of benzene rings is 1. The Kier molecular flexibility index (Phi) is 10.7. The number of hydrogen-bond donors (Lipinski definition) is 1. The summed E-state index contributed by atoms with van der Waals surface area (Å²) in [5.41, 5.74) is -0.224. The van der Waals surface area contributed by atoms with Crippen molar-refractivity contribution in [1.29, 1.82) is 0 Å². The molecule has 1 aromatic carbocycles. The number of methoxy groups -OCH3 is 1. The zero-order valence-corrected chi connectivity index (χ0v) is 18.0. The van der Waals surface area contributed by atoms with Gasteiger partial charge in [-0.05, 0) is 44.9 Å². The molecule has 154 valence electrons. The molecule has 0 aliphatic rings. The van der Waals surface area contributed by atoms with Crippen molar-refractivity contribution in [2.24, 2.45) is 0 Å². The largest absolute Gasteiger partial charge is 0.487 e. The van der Waals surface area contributed by atoms with Crippen molar-refractivity contribution in [2.75, 3.05) is 25.6 Å². The van der Waals surface area contributed by atoms with Gasteiger partial charge in [0.15, 0.2) is 0 Å². The summed E-state index contributed by atoms with van der Waals surface area (Å²) in [5.74, 6) is 0.414. The van der Waals surface area contributed by atoms with Crippen molar-refractivity contribution in [3.8, 4) is 5.75 Å². The number of nitrogens with one attached hydrogen (secondary N) is 1. The number of halogens is 1. The topological polar surface area (TPSA) is 56.8 Å². The summed E-state index contributed by atoms with van der Waals surface area (Å²) >= 11 is 6.31. The van der Waals surface area contributed by atoms with Gasteiger partial charge in [0.1, 0.15) is 17.5 Å². The van der Waals surface area contributed by atoms with Crippen molar-refractivity contribution in [3.63, 3.8) is 0 Å². The van der Waals surface area contributed by atoms with E-state index in [1.54, 1.807) is 25.3 Å². The maximum atomic E-state index is 12.9. The summed E-state index contributed by atoms with van der Waals surface area (Å²) in [6, 6.07) is 5.23. The summed E-state index contributed by atoms with van der Waals surface area (Å²) in [6.07, 6.45) is 4.58. The van der Waals surface area contributed by atoms with Crippen LogP contribution in [-0.2, 0) is 14.3 Å². The first-order chi connectivity index (χ1) is 12.9. The molecular weight excluding hydrogens is 366 g/mol. The average Bonchev–Trinajstić information content (AvgIpc) is 2.62. The van der Waals surface area contributed by atoms with Gasteiger partial charge in [0, 0.05) is 19.4 Å². The van der Waals surface area contributed by atoms with E-state index in [-0.39, 0.29) is 12.0 Å². The molecule has 6 heteroatoms. The molecule has 0 heterocycles. The number of anilines is 1. The summed E-state index contributed by atoms with van der Waals surface area (Å²) in [5, 5.41) is 3.38. The van der Waals surface area contributed by atoms with Crippen molar-refractivity contribution in [1.82, 2.24) is 0 Å². The minimum absolute atomic E-state index is 0.114. The van der Waals surface area contributed by atoms with Gasteiger partial charge < -0.3 is 19.5 Å². The zero-order chi connectivity index (χ0) is 20.3. The first-order valence-corrected chi connectivity index (χ1v) is 10.1. The molecule has 0 spiro atoms. The molecule has 0 saturated heterocycles. The first kappa shape index (κ1) is 23.7. The normalized spacial score (nSPS) is 14.4. The van der Waals surface area contributed by atoms with Gasteiger partial charge in [-0.25, -0.2) is 0 Å². The lowest BCUT2D eigenvalue weighted by Crippen LogP contribution is -2.43. The lowest BCUT2D eigenvalue weighted by atomic mass is 9.96. The Balaban J connectivity index is 2.80. The number of carbonyl (C=O) groups excluding carboxylic acids is 1. The lowest BCUT2D eigenvalue weighted by molar-refractivity contribution is -0.140. The molecule has 0 fully saturated rings. The van der Waals surface area contributed by atoms with Gasteiger partial charge >= 0.3 is 0 Å². The van der Waals surface area contributed by atoms with Gasteiger partial charge in [-0.1, -0.05) is 44.7 Å². The molecule has 1 N–H and O–H groups in total. The molecule has 0 unspecified atom stereocenters. The van der Waals surface area contributed by atoms with Crippen molar-refractivity contribution in [2.45, 2.75) is 71.5 Å². The van der Waals surface area contributed by atoms with Crippen LogP contribution in [0.3, 0.4) is 0 Å². The van der Waals surface area contributed by atoms with E-state index in [2.05, 4.69) is 12.2 Å². The zero-order valence-electron chi connectivity index (χ0n) is 17.3. The molecule has 5 nitrogen and oxygen atoms in total. The SMILES string of the molecule is CCCCC[C@](C)(OCCC)C(=O)Nc1ccc(O[C@H](C)COC)c(Cl)c1. The predicted molar refractivity (Wildman–Crippen MR) is 111 cm³/mol. The van der Waals surface area contributed by atoms with Crippen LogP contribution in [0, 0.1) is 0 Å². The third kappa shape index (κ3) is 8.08. The van der Waals surface area contributed by atoms with E-state index in [4.69, 9.17) is 25.8 Å². The summed E-state index contributed by atoms with van der Waals surface area (Å²) in [4.78, 5) is 12.9. The predicted octanol–water partition coefficient (Wildman–Crippen LogP) is 5.46. The fourth-order valence-electron chi connectivity index (χ4n) is 2.71. The fraction of sp³-hybridized carbons (Fsp3) is 0.667. The van der Waals surface area contributed by atoms with Gasteiger partial charge in [-0.3, -0.25) is 4.79 Å². The van der Waals surface area contributed by atoms with Crippen LogP contribution in [0.1, 0.15) is 59.8 Å². The molecular formula is C21H34ClNO4. The quantitative estimate of drug-likeness (QED) is 0.447. The van der Waals surface area contributed by atoms with E-state index >= 15 is 0 Å². The molecule has 1 rings (SSSR count). The highest BCUT2D eigenvalue weighted by atomic mass is 35.5. The molecule has 0 radical (unpaired) electrons. The van der Waals surface area contributed by atoms with E-state index in [9.17, 15) is 4.79 Å². The smallest absolute Gasteiger partial charge is 0.256 e. The van der Waals surface area contributed by atoms with Gasteiger partial charge in [-0.2, -0.15) is 0 Å². The summed E-state index contributed by atoms with van der Waals surface area (Å²) < 4.78 is 16.7. The molecule has 0 bridgehead atoms. The van der Waals surface area contributed by atoms with Gasteiger partial charge in [0.25, 0.3) is 5.91 Å². The van der Waals surface area contributed by atoms with E-state index < -0.39 is 5.60 Å². The van der Waals surface area contributed by atoms with E-state index in [1.807, 2.05) is 20.8 Å². The standard InChI is InChI=1S/C21H34ClNO4/c1-6-8-9-12-21(4,26-13-7-2)20(24)23-17-10-11-19(18(22)14-17)27-16(3)15-25-5/h10-11,14,16H,6-9,12-13,15H2,1-5H3,(H,23,24)/t16-,21+/m1/s1. The molecule has 0 saturated carbocycles. The van der Waals surface area contributed by atoms with E-state index in [0.717, 1.165) is 25.7 Å². The molecule has 0 aromatic heterocycles. The Bertz CT molecular complexity index is 581. The van der Waals surface area contributed by atoms with Gasteiger partial charge in [0.2, 0.25) is 0 Å². The molecule has 2 atom stereocenters. The van der Waals surface area contributed by atoms with Crippen molar-refractivity contribution >= 4 is 23.2 Å². The van der Waals surface area contributed by atoms with Crippen LogP contribution in [-0.4, -0.2) is 37.9 Å². The minimum Gasteiger partial charge on any atom is -0.487 e. The van der Waals surface area contributed by atoms with Gasteiger partial charge in [0.05, 0.1) is 11.6 Å². The summed E-state index contributed by atoms with van der Waals surface area (Å²) in [6.45, 7) is 8.97. The van der Waals surface area contributed by atoms with Crippen LogP contribution in [0.25, 0.3) is 0 Å². The molecule has 0 aliphatic carbocycles. The minimum atomic E-state index is -0.847. The second-order valence-electron chi connectivity index (χ2n) is 7.02. The number of hydrogen-bond acceptors (Lipinski definition) is 4. The van der Waals surface area contributed by atoms with Crippen LogP contribution in [0.5, 0.6) is 5.75 Å². The number of ether oxygens (including phenoxy) is 3. The van der Waals surface area contributed by atoms with E-state index in [1.165, 1.54) is 0 Å². The second-order valence-corrected chi connectivity index (χ2v) is 7.43. The van der Waals surface area contributed by atoms with Crippen molar-refractivity contribution < 1.29 is 19.0 Å². The highest BCUT2D eigenvalue weighted by molar-refractivity contribution is 6.32. The molecule has 27 heavy (non-hydrogen) atoms. The van der Waals surface area contributed by atoms with Crippen LogP contribution >= 0.6 is 11.6 Å². The maximum Gasteiger partial charge on any atom is 0.256 e. The van der Waals surface area contributed by atoms with Crippen LogP contribution < -0.4 is 10.1 Å². The van der Waals surface area contributed by atoms with E-state index in [0.29, 0.717) is 36.1 Å². The third-order valence-electron chi connectivity index (χ3n) is 4.28. The summed E-state index contributed by atoms with van der Waals surface area (Å²) in [7, 11) is 1.62. The number of amides is 1. The monoisotopic (exact) mass is 399 g/mol. The Morgan fingerprint density at radius 1 is 1.26 bits per heavy atom. The average molecular weight is 400 g/mol. The van der Waals surface area contributed by atoms with Crippen LogP contribution in [0.2, 0.25) is 5.02 Å². The Hall–Kier alpha value is -1.30.